The number of guanidine groups is 1. The third-order valence-corrected chi connectivity index (χ3v) is 10.8. The smallest absolute Gasteiger partial charge is 0.293 e. The molecule has 5 rings (SSSR count). The first kappa shape index (κ1) is 24.9. The normalized spacial score (nSPS) is 44.0. The lowest BCUT2D eigenvalue weighted by Gasteiger charge is -2.60. The highest BCUT2D eigenvalue weighted by molar-refractivity contribution is 5.96. The number of carbonyl (C=O) groups excluding carboxylic acids is 2. The number of carbonyl (C=O) groups is 2. The average molecular weight is 487 g/mol. The van der Waals surface area contributed by atoms with Crippen molar-refractivity contribution in [2.45, 2.75) is 82.8 Å². The standard InChI is InChI=1S/C27H42N4O4/c1-17-8-9-18-12-21-22(23(33)34)25(35,16-32)14-26(17,21)27(18)15-31(11-10-19(27)13-29-2)24(28)30-20-6-4-3-5-7-20/h16-20,29,35H,3-15H2,1-2H3,(H2,28,30)(H,33,34)/t17-,18-,19-,25+,26+,27-/m1/s1. The Bertz CT molecular complexity index is 943. The number of piperidine rings is 1. The number of aliphatic hydroxyl groups is 1. The molecular weight excluding hydrogens is 444 g/mol. The summed E-state index contributed by atoms with van der Waals surface area (Å²) in [6.45, 7) is 4.69. The van der Waals surface area contributed by atoms with Crippen LogP contribution in [0.4, 0.5) is 0 Å². The van der Waals surface area contributed by atoms with E-state index in [2.05, 4.69) is 12.2 Å². The van der Waals surface area contributed by atoms with Gasteiger partial charge in [0, 0.05) is 22.8 Å². The van der Waals surface area contributed by atoms with Crippen molar-refractivity contribution in [3.63, 3.8) is 0 Å². The molecule has 4 fully saturated rings. The Hall–Kier alpha value is -1.77. The van der Waals surface area contributed by atoms with Crippen LogP contribution in [-0.2, 0) is 9.59 Å². The fourth-order valence-electron chi connectivity index (χ4n) is 9.45. The molecular formula is C27H42N4O4. The molecule has 8 nitrogen and oxygen atoms in total. The molecule has 5 aliphatic rings. The van der Waals surface area contributed by atoms with E-state index in [9.17, 15) is 19.8 Å². The Balaban J connectivity index is 1.61. The number of carboxylic acid groups (broad SMARTS) is 1. The van der Waals surface area contributed by atoms with E-state index in [1.54, 1.807) is 0 Å². The molecule has 8 heteroatoms. The van der Waals surface area contributed by atoms with Crippen molar-refractivity contribution < 1.29 is 24.7 Å². The van der Waals surface area contributed by atoms with Crippen LogP contribution in [0.1, 0.15) is 71.1 Å². The number of likely N-dealkylation sites (tertiary alicyclic amines) is 1. The van der Waals surface area contributed by atoms with Crippen LogP contribution >= 0.6 is 0 Å². The minimum atomic E-state index is -1.98. The van der Waals surface area contributed by atoms with Crippen molar-refractivity contribution in [1.82, 2.24) is 5.32 Å². The average Bonchev–Trinajstić information content (AvgIpc) is 3.19. The summed E-state index contributed by atoms with van der Waals surface area (Å²) < 4.78 is 0. The predicted octanol–water partition coefficient (Wildman–Crippen LogP) is -0.439. The minimum Gasteiger partial charge on any atom is -0.545 e. The Morgan fingerprint density at radius 2 is 2.00 bits per heavy atom. The molecule has 1 unspecified atom stereocenters. The SMILES string of the molecule is CNC[C@H]1CC[NH+](C(N)=NC2CCCCC2)C[C@@]12[C@@H]1CC[C@@H](C)[C@]23C[C@](O)(C=O)C(C(=O)[O-])=C3C1. The highest BCUT2D eigenvalue weighted by Crippen LogP contribution is 2.76. The number of aldehydes is 1. The van der Waals surface area contributed by atoms with E-state index in [0.717, 1.165) is 57.3 Å². The topological polar surface area (TPSA) is 132 Å². The maximum absolute atomic E-state index is 12.3. The molecule has 1 heterocycles. The van der Waals surface area contributed by atoms with Crippen LogP contribution < -0.4 is 21.1 Å². The van der Waals surface area contributed by atoms with Gasteiger partial charge in [0.25, 0.3) is 5.96 Å². The number of nitrogens with two attached hydrogens (primary N) is 1. The molecule has 1 aliphatic heterocycles. The van der Waals surface area contributed by atoms with Gasteiger partial charge >= 0.3 is 0 Å². The Labute approximate surface area is 208 Å². The molecule has 0 radical (unpaired) electrons. The van der Waals surface area contributed by atoms with Crippen LogP contribution in [0.2, 0.25) is 0 Å². The van der Waals surface area contributed by atoms with E-state index in [0.29, 0.717) is 36.5 Å². The number of quaternary nitrogens is 1. The third kappa shape index (κ3) is 3.46. The highest BCUT2D eigenvalue weighted by atomic mass is 16.4. The van der Waals surface area contributed by atoms with Crippen molar-refractivity contribution in [2.75, 3.05) is 26.7 Å². The van der Waals surface area contributed by atoms with Gasteiger partial charge in [0.05, 0.1) is 25.1 Å². The van der Waals surface area contributed by atoms with Crippen LogP contribution in [0.3, 0.4) is 0 Å². The predicted molar refractivity (Wildman–Crippen MR) is 130 cm³/mol. The molecule has 0 amide bonds. The van der Waals surface area contributed by atoms with Gasteiger partial charge in [-0.15, -0.1) is 0 Å². The Morgan fingerprint density at radius 3 is 2.66 bits per heavy atom. The number of rotatable bonds is 5. The van der Waals surface area contributed by atoms with Crippen molar-refractivity contribution in [1.29, 1.82) is 0 Å². The first-order valence-electron chi connectivity index (χ1n) is 13.7. The maximum atomic E-state index is 12.3. The molecule has 1 saturated heterocycles. The Kier molecular flexibility index (Phi) is 6.38. The first-order chi connectivity index (χ1) is 16.7. The number of aliphatic carboxylic acids is 1. The second kappa shape index (κ2) is 8.96. The molecule has 2 bridgehead atoms. The summed E-state index contributed by atoms with van der Waals surface area (Å²) in [6.07, 6.45) is 10.0. The van der Waals surface area contributed by atoms with E-state index in [-0.39, 0.29) is 23.3 Å². The summed E-state index contributed by atoms with van der Waals surface area (Å²) in [5, 5.41) is 27.1. The van der Waals surface area contributed by atoms with Gasteiger partial charge in [0.15, 0.2) is 6.29 Å². The van der Waals surface area contributed by atoms with Gasteiger partial charge < -0.3 is 26.1 Å². The summed E-state index contributed by atoms with van der Waals surface area (Å²) in [5.74, 6) is 0.0543. The van der Waals surface area contributed by atoms with Crippen molar-refractivity contribution in [3.05, 3.63) is 11.1 Å². The fraction of sp³-hybridized carbons (Fsp3) is 0.815. The highest BCUT2D eigenvalue weighted by Gasteiger charge is 2.75. The summed E-state index contributed by atoms with van der Waals surface area (Å²) in [7, 11) is 1.97. The van der Waals surface area contributed by atoms with E-state index in [4.69, 9.17) is 10.7 Å². The monoisotopic (exact) mass is 486 g/mol. The zero-order valence-corrected chi connectivity index (χ0v) is 21.3. The maximum Gasteiger partial charge on any atom is 0.293 e. The van der Waals surface area contributed by atoms with Gasteiger partial charge in [-0.25, -0.2) is 4.99 Å². The fourth-order valence-corrected chi connectivity index (χ4v) is 9.45. The lowest BCUT2D eigenvalue weighted by Crippen LogP contribution is -3.19. The van der Waals surface area contributed by atoms with Crippen LogP contribution in [0.15, 0.2) is 16.1 Å². The number of nitrogens with one attached hydrogen (secondary N) is 2. The third-order valence-electron chi connectivity index (χ3n) is 10.8. The van der Waals surface area contributed by atoms with Gasteiger partial charge in [-0.2, -0.15) is 0 Å². The van der Waals surface area contributed by atoms with E-state index in [1.807, 2.05) is 7.05 Å². The Morgan fingerprint density at radius 1 is 1.26 bits per heavy atom. The number of nitrogens with zero attached hydrogens (tertiary/aromatic N) is 1. The zero-order chi connectivity index (χ0) is 25.0. The van der Waals surface area contributed by atoms with Gasteiger partial charge in [0.2, 0.25) is 0 Å². The molecule has 35 heavy (non-hydrogen) atoms. The number of carboxylic acids is 1. The summed E-state index contributed by atoms with van der Waals surface area (Å²) >= 11 is 0. The quantitative estimate of drug-likeness (QED) is 0.237. The van der Waals surface area contributed by atoms with Crippen LogP contribution in [0.5, 0.6) is 0 Å². The number of hydrogen-bond acceptors (Lipinski definition) is 6. The largest absolute Gasteiger partial charge is 0.545 e. The van der Waals surface area contributed by atoms with Crippen LogP contribution in [0, 0.1) is 28.6 Å². The summed E-state index contributed by atoms with van der Waals surface area (Å²) in [4.78, 5) is 30.7. The van der Waals surface area contributed by atoms with Gasteiger partial charge in [-0.3, -0.25) is 9.69 Å². The van der Waals surface area contributed by atoms with Crippen molar-refractivity contribution >= 4 is 18.2 Å². The molecule has 5 N–H and O–H groups in total. The van der Waals surface area contributed by atoms with Gasteiger partial charge in [-0.05, 0) is 69.9 Å². The minimum absolute atomic E-state index is 0.146. The molecule has 0 aromatic rings. The molecule has 2 spiro atoms. The summed E-state index contributed by atoms with van der Waals surface area (Å²) in [5.41, 5.74) is 4.55. The van der Waals surface area contributed by atoms with E-state index >= 15 is 0 Å². The second-order valence-corrected chi connectivity index (χ2v) is 12.1. The van der Waals surface area contributed by atoms with Gasteiger partial charge in [-0.1, -0.05) is 31.8 Å². The lowest BCUT2D eigenvalue weighted by atomic mass is 9.45. The molecule has 4 aliphatic carbocycles. The first-order valence-corrected chi connectivity index (χ1v) is 13.7. The molecule has 194 valence electrons. The number of allylic oxidation sites excluding steroid dienone is 1. The van der Waals surface area contributed by atoms with Crippen molar-refractivity contribution in [3.8, 4) is 0 Å². The van der Waals surface area contributed by atoms with E-state index in [1.165, 1.54) is 24.2 Å². The molecule has 0 aromatic carbocycles. The number of aliphatic imine (C=N–C) groups is 1. The summed E-state index contributed by atoms with van der Waals surface area (Å²) in [6, 6.07) is 0.300. The molecule has 3 saturated carbocycles. The second-order valence-electron chi connectivity index (χ2n) is 12.1. The number of hydrogen-bond donors (Lipinski definition) is 4. The van der Waals surface area contributed by atoms with E-state index < -0.39 is 17.0 Å². The van der Waals surface area contributed by atoms with Crippen molar-refractivity contribution in [2.24, 2.45) is 39.3 Å². The van der Waals surface area contributed by atoms with Gasteiger partial charge in [0.1, 0.15) is 5.60 Å². The van der Waals surface area contributed by atoms with Crippen LogP contribution in [-0.4, -0.2) is 61.6 Å². The molecule has 0 aromatic heterocycles. The van der Waals surface area contributed by atoms with Crippen LogP contribution in [0.25, 0.3) is 0 Å². The molecule has 7 atom stereocenters. The zero-order valence-electron chi connectivity index (χ0n) is 21.3. The lowest BCUT2D eigenvalue weighted by molar-refractivity contribution is -0.829.